The minimum Gasteiger partial charge on any atom is -0.0805 e. The van der Waals surface area contributed by atoms with Crippen molar-refractivity contribution in [3.8, 4) is 0 Å². The molecule has 1 unspecified atom stereocenters. The van der Waals surface area contributed by atoms with E-state index in [1.165, 1.54) is 203 Å². The first-order valence-corrected chi connectivity index (χ1v) is 48.2. The third-order valence-corrected chi connectivity index (χ3v) is 21.2. The highest BCUT2D eigenvalue weighted by atomic mass is 14.2. The Morgan fingerprint density at radius 2 is 0.828 bits per heavy atom. The first-order chi connectivity index (χ1) is 54.7. The van der Waals surface area contributed by atoms with Gasteiger partial charge in [-0.3, -0.25) is 0 Å². The van der Waals surface area contributed by atoms with E-state index in [1.807, 2.05) is 0 Å². The second-order valence-corrected chi connectivity index (χ2v) is 41.9. The zero-order chi connectivity index (χ0) is 87.6. The summed E-state index contributed by atoms with van der Waals surface area (Å²) in [6, 6.07) is 49.8. The maximum absolute atomic E-state index is 2.38. The van der Waals surface area contributed by atoms with Gasteiger partial charge in [-0.1, -0.05) is 485 Å². The molecule has 11 rings (SSSR count). The van der Waals surface area contributed by atoms with Crippen LogP contribution in [0.5, 0.6) is 0 Å². The van der Waals surface area contributed by atoms with Crippen LogP contribution in [0.3, 0.4) is 0 Å². The van der Waals surface area contributed by atoms with Gasteiger partial charge in [0.25, 0.3) is 0 Å². The van der Waals surface area contributed by atoms with Crippen LogP contribution in [-0.4, -0.2) is 0 Å². The van der Waals surface area contributed by atoms with Crippen LogP contribution in [0.25, 0.3) is 27.1 Å². The molecule has 2 saturated carbocycles. The van der Waals surface area contributed by atoms with Crippen LogP contribution in [-0.2, 0) is 25.7 Å². The molecule has 0 aliphatic heterocycles. The SMILES string of the molecule is CC(C)CC(C)(C)C.CC(C)CC(C)C.CC(C)CC1=CC=CC1.CC(C)CC1=CCC=C1.CC(C)CC1=CCc2ccccc21.CC(C)CC1CCCC1.CC(C)CC1CCCCC1.CC(C)Cc1ccc2ccccc2c1.CC(C)Cc1cccc2ccccc12.CC(C)Cc1ccccc1.CCC(C)C.CCC(C)CC(C)C. The summed E-state index contributed by atoms with van der Waals surface area (Å²) in [6.45, 7) is 72.7. The smallest absolute Gasteiger partial charge is 0.00854 e. The van der Waals surface area contributed by atoms with E-state index in [4.69, 9.17) is 0 Å². The number of rotatable bonds is 23. The molecule has 5 aliphatic carbocycles. The van der Waals surface area contributed by atoms with Crippen LogP contribution in [0.2, 0.25) is 0 Å². The van der Waals surface area contributed by atoms with E-state index in [-0.39, 0.29) is 0 Å². The van der Waals surface area contributed by atoms with Crippen LogP contribution in [0, 0.1) is 100 Å². The van der Waals surface area contributed by atoms with Gasteiger partial charge >= 0.3 is 0 Å². The van der Waals surface area contributed by atoms with E-state index >= 15 is 0 Å². The maximum Gasteiger partial charge on any atom is -0.00854 e. The van der Waals surface area contributed by atoms with Crippen LogP contribution in [0.1, 0.15) is 384 Å². The monoisotopic (exact) mass is 1590 g/mol. The summed E-state index contributed by atoms with van der Waals surface area (Å²) in [5, 5.41) is 5.44. The van der Waals surface area contributed by atoms with E-state index in [9.17, 15) is 0 Å². The first kappa shape index (κ1) is 111. The Labute approximate surface area is 725 Å². The van der Waals surface area contributed by atoms with Gasteiger partial charge in [0, 0.05) is 0 Å². The first-order valence-electron chi connectivity index (χ1n) is 48.2. The Balaban J connectivity index is 0.00000126. The lowest BCUT2D eigenvalue weighted by Gasteiger charge is -2.22. The summed E-state index contributed by atoms with van der Waals surface area (Å²) in [5.74, 6) is 13.9. The van der Waals surface area contributed by atoms with E-state index in [0.717, 1.165) is 108 Å². The molecular weight excluding hydrogens is 1390 g/mol. The average molecular weight is 1590 g/mol. The summed E-state index contributed by atoms with van der Waals surface area (Å²) in [5.41, 5.74) is 12.5. The van der Waals surface area contributed by atoms with Gasteiger partial charge in [0.1, 0.15) is 0 Å². The van der Waals surface area contributed by atoms with Gasteiger partial charge in [-0.15, -0.1) is 0 Å². The van der Waals surface area contributed by atoms with Crippen molar-refractivity contribution >= 4 is 27.1 Å². The Bertz CT molecular complexity index is 3420. The van der Waals surface area contributed by atoms with Crippen molar-refractivity contribution in [1.29, 1.82) is 0 Å². The van der Waals surface area contributed by atoms with E-state index in [2.05, 4.69) is 404 Å². The van der Waals surface area contributed by atoms with Gasteiger partial charge in [-0.2, -0.15) is 0 Å². The molecule has 6 aromatic carbocycles. The number of fused-ring (bicyclic) bond motifs is 3. The van der Waals surface area contributed by atoms with Gasteiger partial charge in [0.05, 0.1) is 0 Å². The number of allylic oxidation sites excluding steroid dienone is 10. The number of hydrogen-bond acceptors (Lipinski definition) is 0. The molecule has 0 heteroatoms. The molecule has 2 fully saturated rings. The predicted octanol–water partition coefficient (Wildman–Crippen LogP) is 38.2. The van der Waals surface area contributed by atoms with Crippen LogP contribution in [0.15, 0.2) is 193 Å². The van der Waals surface area contributed by atoms with Gasteiger partial charge < -0.3 is 0 Å². The number of hydrogen-bond donors (Lipinski definition) is 0. The normalized spacial score (nSPS) is 14.4. The highest BCUT2D eigenvalue weighted by molar-refractivity contribution is 5.86. The van der Waals surface area contributed by atoms with Gasteiger partial charge in [0.15, 0.2) is 0 Å². The minimum atomic E-state index is 0.522. The highest BCUT2D eigenvalue weighted by Gasteiger charge is 2.18. The molecule has 0 nitrogen and oxygen atoms in total. The van der Waals surface area contributed by atoms with E-state index in [1.54, 1.807) is 11.1 Å². The lowest BCUT2D eigenvalue weighted by atomic mass is 9.84. The lowest BCUT2D eigenvalue weighted by Crippen LogP contribution is -2.08. The van der Waals surface area contributed by atoms with Crippen molar-refractivity contribution in [3.63, 3.8) is 0 Å². The Morgan fingerprint density at radius 1 is 0.353 bits per heavy atom. The summed E-state index contributed by atoms with van der Waals surface area (Å²) in [4.78, 5) is 0. The molecule has 0 heterocycles. The molecule has 0 radical (unpaired) electrons. The second kappa shape index (κ2) is 66.3. The van der Waals surface area contributed by atoms with Crippen LogP contribution >= 0.6 is 0 Å². The fourth-order valence-corrected chi connectivity index (χ4v) is 16.3. The van der Waals surface area contributed by atoms with E-state index in [0.29, 0.717) is 5.41 Å². The molecule has 0 aromatic heterocycles. The minimum absolute atomic E-state index is 0.522. The molecule has 0 spiro atoms. The molecule has 0 bridgehead atoms. The fraction of sp³-hybridized carbons (Fsp3) is 0.638. The van der Waals surface area contributed by atoms with Crippen molar-refractivity contribution in [2.24, 2.45) is 100 Å². The molecule has 6 aromatic rings. The summed E-state index contributed by atoms with van der Waals surface area (Å²) >= 11 is 0. The van der Waals surface area contributed by atoms with Crippen molar-refractivity contribution in [1.82, 2.24) is 0 Å². The molecular formula is C116H192. The molecule has 0 amide bonds. The molecule has 0 N–H and O–H groups in total. The van der Waals surface area contributed by atoms with Gasteiger partial charge in [0.2, 0.25) is 0 Å². The molecule has 656 valence electrons. The topological polar surface area (TPSA) is 0 Å². The molecule has 0 saturated heterocycles. The third-order valence-electron chi connectivity index (χ3n) is 21.2. The predicted molar refractivity (Wildman–Crippen MR) is 535 cm³/mol. The summed E-state index contributed by atoms with van der Waals surface area (Å²) in [7, 11) is 0. The van der Waals surface area contributed by atoms with Crippen molar-refractivity contribution < 1.29 is 0 Å². The van der Waals surface area contributed by atoms with Crippen molar-refractivity contribution in [2.45, 2.75) is 382 Å². The van der Waals surface area contributed by atoms with Crippen molar-refractivity contribution in [2.75, 3.05) is 0 Å². The largest absolute Gasteiger partial charge is 0.0805 e. The van der Waals surface area contributed by atoms with Crippen LogP contribution < -0.4 is 0 Å². The zero-order valence-electron chi connectivity index (χ0n) is 82.7. The highest BCUT2D eigenvalue weighted by Crippen LogP contribution is 2.33. The molecule has 1 atom stereocenters. The molecule has 116 heavy (non-hydrogen) atoms. The second-order valence-electron chi connectivity index (χ2n) is 41.9. The zero-order valence-corrected chi connectivity index (χ0v) is 82.7. The quantitative estimate of drug-likeness (QED) is 0.0600. The average Bonchev–Trinajstić information content (AvgIpc) is 1.04. The Morgan fingerprint density at radius 3 is 1.26 bits per heavy atom. The van der Waals surface area contributed by atoms with Crippen molar-refractivity contribution in [3.05, 3.63) is 221 Å². The van der Waals surface area contributed by atoms with Gasteiger partial charge in [-0.05, 0) is 245 Å². The molecule has 5 aliphatic rings. The fourth-order valence-electron chi connectivity index (χ4n) is 16.3. The lowest BCUT2D eigenvalue weighted by molar-refractivity contribution is 0.305. The third kappa shape index (κ3) is 62.7. The van der Waals surface area contributed by atoms with Crippen LogP contribution in [0.4, 0.5) is 0 Å². The Hall–Kier alpha value is -5.46. The van der Waals surface area contributed by atoms with E-state index < -0.39 is 0 Å². The summed E-state index contributed by atoms with van der Waals surface area (Å²) < 4.78 is 0. The van der Waals surface area contributed by atoms with Gasteiger partial charge in [-0.25, -0.2) is 0 Å². The Kier molecular flexibility index (Phi) is 63.2. The maximum atomic E-state index is 2.38. The summed E-state index contributed by atoms with van der Waals surface area (Å²) in [6.07, 6.45) is 49.7. The standard InChI is InChI=1S/2C14H16.C13H16.C10H20.C10H14.C9H18.2C9H14.2C8H18.C7H16.C5H12/c1-11(2)10-13-8-5-7-12-6-3-4-9-14(12)13;1-11(2)9-12-7-8-13-5-3-4-6-14(13)10-12;1-10(2)9-12-8-7-11-5-3-4-6-13(11)12;2*1-9(2)8-10-6-4-3-5-7-10;3*1-8(2)7-9-5-3-4-6-9;1-7(2)6-8(3,4)5;1-5-8(4)6-7(2)3;1-6(2)5-7(3)4;1-4-5(2)3/h3-9,11H,10H2,1-2H3;3-8,10-11H,9H2,1-2H3;3-6,8,10H,7,9H2,1-2H3;9-10H,3-8H2,1-2H3;3-7,9H,8H2,1-2H3;8-9H,3-7H2,1-2H3;3,5-6,8H,4,7H2,1-2H3;3-5,8H,6-7H2,1-2H3;7H,6H2,1-5H3;7-8H,5-6H2,1-4H3;6-7H,5H2,1-4H3;5H,4H2,1-3H3. The number of benzene rings is 6.